The van der Waals surface area contributed by atoms with Crippen molar-refractivity contribution < 1.29 is 9.53 Å². The Balaban J connectivity index is 3.07. The SMILES string of the molecule is C=C(Cc1ccc(COC(=O)C(C)(C)C)cc1C(C)(C)C)C(C)(C)C. The Labute approximate surface area is 154 Å². The molecule has 0 aromatic heterocycles. The van der Waals surface area contributed by atoms with Gasteiger partial charge in [-0.1, -0.05) is 71.9 Å². The lowest BCUT2D eigenvalue weighted by molar-refractivity contribution is -0.154. The number of allylic oxidation sites excluding steroid dienone is 1. The molecule has 0 N–H and O–H groups in total. The average molecular weight is 345 g/mol. The van der Waals surface area contributed by atoms with Gasteiger partial charge in [0.25, 0.3) is 0 Å². The first kappa shape index (κ1) is 21.5. The van der Waals surface area contributed by atoms with Crippen LogP contribution in [0.5, 0.6) is 0 Å². The van der Waals surface area contributed by atoms with Gasteiger partial charge in [0.05, 0.1) is 5.41 Å². The second-order valence-electron chi connectivity index (χ2n) is 10.1. The molecule has 0 saturated carbocycles. The highest BCUT2D eigenvalue weighted by molar-refractivity contribution is 5.75. The quantitative estimate of drug-likeness (QED) is 0.479. The molecule has 0 unspecified atom stereocenters. The minimum absolute atomic E-state index is 0.0253. The van der Waals surface area contributed by atoms with Crippen molar-refractivity contribution in [3.63, 3.8) is 0 Å². The molecule has 1 rings (SSSR count). The largest absolute Gasteiger partial charge is 0.460 e. The maximum atomic E-state index is 12.0. The van der Waals surface area contributed by atoms with Crippen LogP contribution in [0.3, 0.4) is 0 Å². The van der Waals surface area contributed by atoms with Gasteiger partial charge in [0.15, 0.2) is 0 Å². The zero-order valence-electron chi connectivity index (χ0n) is 17.7. The van der Waals surface area contributed by atoms with Gasteiger partial charge < -0.3 is 4.74 Å². The summed E-state index contributed by atoms with van der Waals surface area (Å²) < 4.78 is 5.48. The summed E-state index contributed by atoms with van der Waals surface area (Å²) in [5.74, 6) is -0.171. The summed E-state index contributed by atoms with van der Waals surface area (Å²) >= 11 is 0. The normalized spacial score (nSPS) is 12.8. The highest BCUT2D eigenvalue weighted by atomic mass is 16.5. The smallest absolute Gasteiger partial charge is 0.311 e. The number of benzene rings is 1. The van der Waals surface area contributed by atoms with Crippen molar-refractivity contribution in [1.82, 2.24) is 0 Å². The highest BCUT2D eigenvalue weighted by Gasteiger charge is 2.24. The Hall–Kier alpha value is -1.57. The Morgan fingerprint density at radius 2 is 1.52 bits per heavy atom. The number of ether oxygens (including phenoxy) is 1. The molecule has 0 atom stereocenters. The van der Waals surface area contributed by atoms with Crippen LogP contribution in [0.15, 0.2) is 30.4 Å². The standard InChI is InChI=1S/C23H36O2/c1-16(21(2,3)4)13-18-12-11-17(14-19(18)22(5,6)7)15-25-20(24)23(8,9)10/h11-12,14H,1,13,15H2,2-10H3. The van der Waals surface area contributed by atoms with Crippen molar-refractivity contribution in [2.75, 3.05) is 0 Å². The number of carbonyl (C=O) groups excluding carboxylic acids is 1. The molecule has 0 amide bonds. The van der Waals surface area contributed by atoms with Crippen molar-refractivity contribution in [2.45, 2.75) is 80.8 Å². The van der Waals surface area contributed by atoms with Gasteiger partial charge in [-0.15, -0.1) is 0 Å². The molecule has 1 aromatic rings. The maximum Gasteiger partial charge on any atom is 0.311 e. The predicted molar refractivity (Wildman–Crippen MR) is 107 cm³/mol. The van der Waals surface area contributed by atoms with Crippen LogP contribution in [0, 0.1) is 10.8 Å². The van der Waals surface area contributed by atoms with Gasteiger partial charge in [-0.2, -0.15) is 0 Å². The number of hydrogen-bond donors (Lipinski definition) is 0. The van der Waals surface area contributed by atoms with Crippen molar-refractivity contribution in [3.8, 4) is 0 Å². The van der Waals surface area contributed by atoms with E-state index in [4.69, 9.17) is 4.74 Å². The first-order chi connectivity index (χ1) is 11.1. The molecule has 2 heteroatoms. The van der Waals surface area contributed by atoms with Gasteiger partial charge >= 0.3 is 5.97 Å². The third kappa shape index (κ3) is 6.34. The summed E-state index contributed by atoms with van der Waals surface area (Å²) in [7, 11) is 0. The van der Waals surface area contributed by atoms with Crippen molar-refractivity contribution in [3.05, 3.63) is 47.0 Å². The molecule has 0 radical (unpaired) electrons. The molecule has 0 aliphatic heterocycles. The number of esters is 1. The molecule has 0 bridgehead atoms. The Bertz CT molecular complexity index is 632. The molecule has 2 nitrogen and oxygen atoms in total. The molecule has 0 aliphatic rings. The van der Waals surface area contributed by atoms with E-state index in [1.165, 1.54) is 16.7 Å². The van der Waals surface area contributed by atoms with Gasteiger partial charge in [0.1, 0.15) is 6.61 Å². The molecule has 0 heterocycles. The van der Waals surface area contributed by atoms with Crippen LogP contribution in [-0.2, 0) is 28.0 Å². The molecule has 1 aromatic carbocycles. The molecule has 0 spiro atoms. The minimum Gasteiger partial charge on any atom is -0.460 e. The minimum atomic E-state index is -0.475. The van der Waals surface area contributed by atoms with Crippen LogP contribution in [0.1, 0.15) is 79.0 Å². The fraction of sp³-hybridized carbons (Fsp3) is 0.609. The van der Waals surface area contributed by atoms with E-state index in [9.17, 15) is 4.79 Å². The average Bonchev–Trinajstić information content (AvgIpc) is 2.42. The van der Waals surface area contributed by atoms with Crippen LogP contribution in [0.2, 0.25) is 0 Å². The molecule has 0 saturated heterocycles. The lowest BCUT2D eigenvalue weighted by Crippen LogP contribution is -2.23. The fourth-order valence-corrected chi connectivity index (χ4v) is 2.43. The first-order valence-corrected chi connectivity index (χ1v) is 9.10. The zero-order chi connectivity index (χ0) is 19.6. The fourth-order valence-electron chi connectivity index (χ4n) is 2.43. The third-order valence-electron chi connectivity index (χ3n) is 4.43. The van der Waals surface area contributed by atoms with E-state index in [1.807, 2.05) is 20.8 Å². The van der Waals surface area contributed by atoms with Crippen LogP contribution in [0.25, 0.3) is 0 Å². The summed E-state index contributed by atoms with van der Waals surface area (Å²) in [6.07, 6.45) is 0.873. The van der Waals surface area contributed by atoms with E-state index >= 15 is 0 Å². The lowest BCUT2D eigenvalue weighted by atomic mass is 9.78. The Kier molecular flexibility index (Phi) is 6.32. The van der Waals surface area contributed by atoms with E-state index in [0.717, 1.165) is 12.0 Å². The second kappa shape index (κ2) is 7.35. The maximum absolute atomic E-state index is 12.0. The number of carbonyl (C=O) groups is 1. The highest BCUT2D eigenvalue weighted by Crippen LogP contribution is 2.33. The number of rotatable bonds is 4. The van der Waals surface area contributed by atoms with Crippen molar-refractivity contribution >= 4 is 5.97 Å². The predicted octanol–water partition coefficient (Wildman–Crippen LogP) is 6.22. The molecule has 25 heavy (non-hydrogen) atoms. The van der Waals surface area contributed by atoms with E-state index in [1.54, 1.807) is 0 Å². The summed E-state index contributed by atoms with van der Waals surface area (Å²) in [6.45, 7) is 23.5. The summed E-state index contributed by atoms with van der Waals surface area (Å²) in [6, 6.07) is 6.41. The van der Waals surface area contributed by atoms with Crippen LogP contribution < -0.4 is 0 Å². The summed E-state index contributed by atoms with van der Waals surface area (Å²) in [5.41, 5.74) is 4.50. The Morgan fingerprint density at radius 3 is 1.96 bits per heavy atom. The van der Waals surface area contributed by atoms with Gasteiger partial charge in [-0.3, -0.25) is 4.79 Å². The molecule has 140 valence electrons. The van der Waals surface area contributed by atoms with Gasteiger partial charge in [-0.05, 0) is 54.7 Å². The van der Waals surface area contributed by atoms with Crippen LogP contribution >= 0.6 is 0 Å². The van der Waals surface area contributed by atoms with E-state index in [-0.39, 0.29) is 16.8 Å². The molecular formula is C23H36O2. The number of hydrogen-bond acceptors (Lipinski definition) is 2. The molecule has 0 aliphatic carbocycles. The molecule has 0 fully saturated rings. The van der Waals surface area contributed by atoms with Crippen LogP contribution in [0.4, 0.5) is 0 Å². The zero-order valence-corrected chi connectivity index (χ0v) is 17.7. The summed E-state index contributed by atoms with van der Waals surface area (Å²) in [5, 5.41) is 0. The van der Waals surface area contributed by atoms with Gasteiger partial charge in [-0.25, -0.2) is 0 Å². The topological polar surface area (TPSA) is 26.3 Å². The van der Waals surface area contributed by atoms with Gasteiger partial charge in [0.2, 0.25) is 0 Å². The van der Waals surface area contributed by atoms with Crippen LogP contribution in [-0.4, -0.2) is 5.97 Å². The van der Waals surface area contributed by atoms with Crippen molar-refractivity contribution in [1.29, 1.82) is 0 Å². The third-order valence-corrected chi connectivity index (χ3v) is 4.43. The van der Waals surface area contributed by atoms with E-state index < -0.39 is 5.41 Å². The first-order valence-electron chi connectivity index (χ1n) is 9.10. The Morgan fingerprint density at radius 1 is 0.960 bits per heavy atom. The van der Waals surface area contributed by atoms with Gasteiger partial charge in [0, 0.05) is 0 Å². The van der Waals surface area contributed by atoms with E-state index in [0.29, 0.717) is 6.61 Å². The monoisotopic (exact) mass is 344 g/mol. The summed E-state index contributed by atoms with van der Waals surface area (Å²) in [4.78, 5) is 12.0. The van der Waals surface area contributed by atoms with E-state index in [2.05, 4.69) is 66.3 Å². The molecular weight excluding hydrogens is 308 g/mol. The van der Waals surface area contributed by atoms with Crippen molar-refractivity contribution in [2.24, 2.45) is 10.8 Å². The second-order valence-corrected chi connectivity index (χ2v) is 10.1. The lowest BCUT2D eigenvalue weighted by Gasteiger charge is -2.28.